The van der Waals surface area contributed by atoms with Crippen LogP contribution >= 0.6 is 15.9 Å². The number of nitrogens with zero attached hydrogens (tertiary/aromatic N) is 4. The Labute approximate surface area is 160 Å². The number of nitrogen functional groups attached to an aromatic ring is 1. The van der Waals surface area contributed by atoms with E-state index in [1.807, 2.05) is 6.92 Å². The van der Waals surface area contributed by atoms with Gasteiger partial charge in [-0.1, -0.05) is 0 Å². The Morgan fingerprint density at radius 3 is 2.65 bits per heavy atom. The summed E-state index contributed by atoms with van der Waals surface area (Å²) >= 11 is 3.56. The predicted octanol–water partition coefficient (Wildman–Crippen LogP) is 2.60. The largest absolute Gasteiger partial charge is 0.481 e. The van der Waals surface area contributed by atoms with Crippen LogP contribution in [0.3, 0.4) is 0 Å². The molecule has 1 fully saturated rings. The average molecular weight is 423 g/mol. The summed E-state index contributed by atoms with van der Waals surface area (Å²) in [6, 6.07) is 0. The van der Waals surface area contributed by atoms with Gasteiger partial charge in [0.2, 0.25) is 0 Å². The van der Waals surface area contributed by atoms with E-state index in [-0.39, 0.29) is 11.8 Å². The van der Waals surface area contributed by atoms with E-state index in [2.05, 4.69) is 21.0 Å². The number of hydrogen-bond donors (Lipinski definition) is 3. The van der Waals surface area contributed by atoms with Gasteiger partial charge in [-0.2, -0.15) is 9.61 Å². The van der Waals surface area contributed by atoms with Gasteiger partial charge < -0.3 is 15.8 Å². The Balaban J connectivity index is 2.02. The first kappa shape index (κ1) is 18.7. The average Bonchev–Trinajstić information content (AvgIpc) is 3.01. The smallest absolute Gasteiger partial charge is 0.306 e. The minimum atomic E-state index is -0.713. The molecule has 9 heteroatoms. The summed E-state index contributed by atoms with van der Waals surface area (Å²) in [6.45, 7) is 1.94. The monoisotopic (exact) mass is 422 g/mol. The first-order valence-corrected chi connectivity index (χ1v) is 9.30. The highest BCUT2D eigenvalue weighted by molar-refractivity contribution is 9.10. The van der Waals surface area contributed by atoms with E-state index in [1.54, 1.807) is 24.0 Å². The highest BCUT2D eigenvalue weighted by Gasteiger charge is 2.30. The number of anilines is 1. The van der Waals surface area contributed by atoms with Crippen molar-refractivity contribution in [2.24, 2.45) is 11.8 Å². The normalized spacial score (nSPS) is 21.2. The van der Waals surface area contributed by atoms with Crippen LogP contribution in [0.25, 0.3) is 11.2 Å². The number of aromatic nitrogens is 3. The summed E-state index contributed by atoms with van der Waals surface area (Å²) in [7, 11) is 1.75. The summed E-state index contributed by atoms with van der Waals surface area (Å²) in [6.07, 6.45) is 6.40. The number of carboxylic acids is 1. The fraction of sp³-hybridized carbons (Fsp3) is 0.471. The lowest BCUT2D eigenvalue weighted by atomic mass is 9.80. The molecule has 1 aliphatic carbocycles. The number of fused-ring (bicyclic) bond motifs is 1. The Hall–Kier alpha value is -2.13. The lowest BCUT2D eigenvalue weighted by molar-refractivity contribution is -0.142. The van der Waals surface area contributed by atoms with Crippen LogP contribution in [0.15, 0.2) is 16.9 Å². The van der Waals surface area contributed by atoms with Gasteiger partial charge in [0.25, 0.3) is 0 Å². The number of hydrogen-bond acceptors (Lipinski definition) is 6. The molecule has 2 aromatic heterocycles. The highest BCUT2D eigenvalue weighted by atomic mass is 79.9. The van der Waals surface area contributed by atoms with Crippen LogP contribution in [-0.4, -0.2) is 37.7 Å². The first-order chi connectivity index (χ1) is 12.3. The fourth-order valence-electron chi connectivity index (χ4n) is 3.55. The Bertz CT molecular complexity index is 868. The fourth-order valence-corrected chi connectivity index (χ4v) is 4.13. The van der Waals surface area contributed by atoms with E-state index in [4.69, 9.17) is 16.6 Å². The molecule has 0 aliphatic heterocycles. The molecule has 140 valence electrons. The van der Waals surface area contributed by atoms with Gasteiger partial charge in [0, 0.05) is 24.7 Å². The van der Waals surface area contributed by atoms with Crippen LogP contribution in [-0.2, 0) is 4.79 Å². The zero-order chi connectivity index (χ0) is 19.0. The SMILES string of the molecule is C/C(=C\N(C)N)c1cnn2c(N)c(Br)c(C3CCC(C(=O)O)CC3)nc12. The maximum Gasteiger partial charge on any atom is 0.306 e. The molecule has 1 aliphatic rings. The van der Waals surface area contributed by atoms with E-state index >= 15 is 0 Å². The molecule has 26 heavy (non-hydrogen) atoms. The molecular weight excluding hydrogens is 400 g/mol. The number of nitrogens with two attached hydrogens (primary N) is 2. The topological polar surface area (TPSA) is 123 Å². The van der Waals surface area contributed by atoms with Crippen molar-refractivity contribution in [3.63, 3.8) is 0 Å². The molecule has 3 rings (SSSR count). The molecular formula is C17H23BrN6O2. The summed E-state index contributed by atoms with van der Waals surface area (Å²) < 4.78 is 2.34. The van der Waals surface area contributed by atoms with E-state index in [9.17, 15) is 9.90 Å². The Morgan fingerprint density at radius 2 is 2.08 bits per heavy atom. The van der Waals surface area contributed by atoms with Crippen molar-refractivity contribution in [3.8, 4) is 0 Å². The zero-order valence-corrected chi connectivity index (χ0v) is 16.4. The molecule has 2 heterocycles. The van der Waals surface area contributed by atoms with Crippen LogP contribution in [0.2, 0.25) is 0 Å². The summed E-state index contributed by atoms with van der Waals surface area (Å²) in [5.74, 6) is 5.40. The summed E-state index contributed by atoms with van der Waals surface area (Å²) in [4.78, 5) is 16.0. The van der Waals surface area contributed by atoms with Crippen molar-refractivity contribution in [3.05, 3.63) is 28.1 Å². The predicted molar refractivity (Wildman–Crippen MR) is 103 cm³/mol. The molecule has 0 atom stereocenters. The third-order valence-electron chi connectivity index (χ3n) is 4.93. The standard InChI is InChI=1S/C17H23BrN6O2/c1-9(8-23(2)20)12-7-21-24-15(19)13(18)14(22-16(12)24)10-3-5-11(6-4-10)17(25)26/h7-8,10-11H,3-6,19-20H2,1-2H3,(H,25,26)/b9-8+. The molecule has 0 aromatic carbocycles. The molecule has 0 spiro atoms. The van der Waals surface area contributed by atoms with Gasteiger partial charge in [-0.25, -0.2) is 10.8 Å². The van der Waals surface area contributed by atoms with E-state index in [1.165, 1.54) is 5.01 Å². The lowest BCUT2D eigenvalue weighted by Gasteiger charge is -2.26. The maximum absolute atomic E-state index is 11.2. The minimum absolute atomic E-state index is 0.177. The van der Waals surface area contributed by atoms with E-state index < -0.39 is 5.97 Å². The number of carbonyl (C=O) groups is 1. The number of allylic oxidation sites excluding steroid dienone is 1. The van der Waals surface area contributed by atoms with Crippen molar-refractivity contribution >= 4 is 38.9 Å². The molecule has 0 bridgehead atoms. The van der Waals surface area contributed by atoms with Gasteiger partial charge in [-0.15, -0.1) is 0 Å². The Morgan fingerprint density at radius 1 is 1.42 bits per heavy atom. The molecule has 8 nitrogen and oxygen atoms in total. The second-order valence-electron chi connectivity index (χ2n) is 6.85. The number of hydrazine groups is 1. The third kappa shape index (κ3) is 3.41. The van der Waals surface area contributed by atoms with Crippen LogP contribution in [0, 0.1) is 5.92 Å². The highest BCUT2D eigenvalue weighted by Crippen LogP contribution is 2.40. The minimum Gasteiger partial charge on any atom is -0.481 e. The molecule has 5 N–H and O–H groups in total. The van der Waals surface area contributed by atoms with Crippen LogP contribution in [0.1, 0.15) is 49.8 Å². The zero-order valence-electron chi connectivity index (χ0n) is 14.8. The van der Waals surface area contributed by atoms with Crippen LogP contribution < -0.4 is 11.6 Å². The number of aliphatic carboxylic acids is 1. The van der Waals surface area contributed by atoms with Gasteiger partial charge in [-0.3, -0.25) is 4.79 Å². The van der Waals surface area contributed by atoms with E-state index in [0.717, 1.165) is 34.1 Å². The van der Waals surface area contributed by atoms with Crippen molar-refractivity contribution in [1.82, 2.24) is 19.6 Å². The van der Waals surface area contributed by atoms with E-state index in [0.29, 0.717) is 24.3 Å². The third-order valence-corrected chi connectivity index (χ3v) is 5.75. The second-order valence-corrected chi connectivity index (χ2v) is 7.65. The first-order valence-electron chi connectivity index (χ1n) is 8.51. The summed E-state index contributed by atoms with van der Waals surface area (Å²) in [5.41, 5.74) is 9.62. The Kier molecular flexibility index (Phi) is 5.19. The van der Waals surface area contributed by atoms with Gasteiger partial charge in [0.1, 0.15) is 5.82 Å². The maximum atomic E-state index is 11.2. The second kappa shape index (κ2) is 7.24. The van der Waals surface area contributed by atoms with Gasteiger partial charge in [0.15, 0.2) is 5.65 Å². The van der Waals surface area contributed by atoms with Crippen LogP contribution in [0.5, 0.6) is 0 Å². The number of halogens is 1. The molecule has 0 radical (unpaired) electrons. The van der Waals surface area contributed by atoms with Crippen molar-refractivity contribution < 1.29 is 9.90 Å². The lowest BCUT2D eigenvalue weighted by Crippen LogP contribution is -2.21. The number of carboxylic acid groups (broad SMARTS) is 1. The number of rotatable bonds is 4. The van der Waals surface area contributed by atoms with Crippen LogP contribution in [0.4, 0.5) is 5.82 Å². The molecule has 2 aromatic rings. The van der Waals surface area contributed by atoms with Gasteiger partial charge in [0.05, 0.1) is 22.3 Å². The van der Waals surface area contributed by atoms with Crippen molar-refractivity contribution in [1.29, 1.82) is 0 Å². The van der Waals surface area contributed by atoms with Crippen molar-refractivity contribution in [2.45, 2.75) is 38.5 Å². The molecule has 0 unspecified atom stereocenters. The molecule has 0 saturated heterocycles. The van der Waals surface area contributed by atoms with Gasteiger partial charge in [-0.05, 0) is 54.1 Å². The molecule has 0 amide bonds. The quantitative estimate of drug-likeness (QED) is 0.510. The van der Waals surface area contributed by atoms with Crippen molar-refractivity contribution in [2.75, 3.05) is 12.8 Å². The molecule has 1 saturated carbocycles. The summed E-state index contributed by atoms with van der Waals surface area (Å²) in [5, 5.41) is 15.0. The van der Waals surface area contributed by atoms with Gasteiger partial charge >= 0.3 is 5.97 Å².